The Kier molecular flexibility index (Phi) is 4.14. The summed E-state index contributed by atoms with van der Waals surface area (Å²) in [6.45, 7) is 5.44. The summed E-state index contributed by atoms with van der Waals surface area (Å²) in [5.74, 6) is 0.993. The number of nitrogens with zero attached hydrogens (tertiary/aromatic N) is 2. The van der Waals surface area contributed by atoms with Gasteiger partial charge in [-0.3, -0.25) is 9.78 Å². The number of amides is 1. The molecular formula is C19H22N4O3. The Morgan fingerprint density at radius 3 is 2.77 bits per heavy atom. The van der Waals surface area contributed by atoms with Crippen LogP contribution in [0.1, 0.15) is 41.3 Å². The highest BCUT2D eigenvalue weighted by Gasteiger charge is 2.26. The number of furan rings is 1. The van der Waals surface area contributed by atoms with Crippen molar-refractivity contribution < 1.29 is 9.21 Å². The molecule has 4 rings (SSSR count). The van der Waals surface area contributed by atoms with Crippen LogP contribution in [0.3, 0.4) is 0 Å². The van der Waals surface area contributed by atoms with Crippen molar-refractivity contribution in [1.29, 1.82) is 0 Å². The number of hydrogen-bond donors (Lipinski definition) is 2. The second-order valence-corrected chi connectivity index (χ2v) is 7.04. The van der Waals surface area contributed by atoms with E-state index < -0.39 is 0 Å². The molecular weight excluding hydrogens is 332 g/mol. The first kappa shape index (κ1) is 16.6. The van der Waals surface area contributed by atoms with Crippen molar-refractivity contribution in [3.63, 3.8) is 0 Å². The molecule has 2 N–H and O–H groups in total. The Morgan fingerprint density at radius 1 is 1.31 bits per heavy atom. The van der Waals surface area contributed by atoms with Crippen LogP contribution in [0.5, 0.6) is 0 Å². The van der Waals surface area contributed by atoms with E-state index in [-0.39, 0.29) is 17.5 Å². The molecule has 7 heteroatoms. The van der Waals surface area contributed by atoms with Crippen LogP contribution in [0.15, 0.2) is 27.6 Å². The van der Waals surface area contributed by atoms with Crippen LogP contribution in [0.25, 0.3) is 11.0 Å². The topological polar surface area (TPSA) is 95.0 Å². The van der Waals surface area contributed by atoms with Crippen molar-refractivity contribution in [2.45, 2.75) is 39.0 Å². The fourth-order valence-electron chi connectivity index (χ4n) is 3.68. The molecule has 1 saturated heterocycles. The van der Waals surface area contributed by atoms with E-state index in [0.29, 0.717) is 25.3 Å². The van der Waals surface area contributed by atoms with Crippen LogP contribution in [0.4, 0.5) is 0 Å². The van der Waals surface area contributed by atoms with Crippen molar-refractivity contribution >= 4 is 16.9 Å². The Morgan fingerprint density at radius 2 is 2.08 bits per heavy atom. The fraction of sp³-hybridized carbons (Fsp3) is 0.421. The Bertz CT molecular complexity index is 1010. The number of aryl methyl sites for hydroxylation is 2. The molecule has 1 aromatic carbocycles. The average molecular weight is 354 g/mol. The highest BCUT2D eigenvalue weighted by Crippen LogP contribution is 2.28. The van der Waals surface area contributed by atoms with Gasteiger partial charge in [-0.05, 0) is 37.8 Å². The van der Waals surface area contributed by atoms with Crippen molar-refractivity contribution in [3.8, 4) is 0 Å². The number of likely N-dealkylation sites (tertiary alicyclic amines) is 1. The molecule has 0 aliphatic carbocycles. The number of fused-ring (bicyclic) bond motifs is 1. The van der Waals surface area contributed by atoms with Gasteiger partial charge in [0.25, 0.3) is 0 Å². The normalized spacial score (nSPS) is 15.7. The lowest BCUT2D eigenvalue weighted by atomic mass is 9.95. The standard InChI is InChI=1S/C19H22N4O3/c1-11-3-4-15-14(10-26-17(15)12(11)2)9-16(24)23-7-5-13(6-8-23)18-20-19(25)22-21-18/h3-4,10,13H,5-9H2,1-2H3,(H2,20,21,22,25). The van der Waals surface area contributed by atoms with Crippen LogP contribution in [-0.4, -0.2) is 39.1 Å². The van der Waals surface area contributed by atoms with E-state index in [4.69, 9.17) is 4.42 Å². The van der Waals surface area contributed by atoms with Gasteiger partial charge < -0.3 is 9.32 Å². The highest BCUT2D eigenvalue weighted by atomic mass is 16.3. The second-order valence-electron chi connectivity index (χ2n) is 7.04. The van der Waals surface area contributed by atoms with Gasteiger partial charge in [0.1, 0.15) is 11.4 Å². The van der Waals surface area contributed by atoms with E-state index in [9.17, 15) is 9.59 Å². The lowest BCUT2D eigenvalue weighted by Crippen LogP contribution is -2.39. The Hall–Kier alpha value is -2.83. The molecule has 1 aliphatic rings. The van der Waals surface area contributed by atoms with Crippen LogP contribution < -0.4 is 5.69 Å². The number of nitrogens with one attached hydrogen (secondary N) is 2. The number of carbonyl (C=O) groups is 1. The lowest BCUT2D eigenvalue weighted by molar-refractivity contribution is -0.131. The molecule has 0 radical (unpaired) electrons. The number of hydrogen-bond acceptors (Lipinski definition) is 4. The minimum Gasteiger partial charge on any atom is -0.464 e. The molecule has 1 aliphatic heterocycles. The molecule has 1 fully saturated rings. The summed E-state index contributed by atoms with van der Waals surface area (Å²) < 4.78 is 5.71. The predicted molar refractivity (Wildman–Crippen MR) is 97.2 cm³/mol. The largest absolute Gasteiger partial charge is 0.464 e. The van der Waals surface area contributed by atoms with E-state index in [1.165, 1.54) is 5.56 Å². The number of aromatic nitrogens is 3. The number of rotatable bonds is 3. The minimum absolute atomic E-state index is 0.111. The Labute approximate surface area is 150 Å². The molecule has 0 unspecified atom stereocenters. The molecule has 2 aromatic heterocycles. The maximum Gasteiger partial charge on any atom is 0.340 e. The molecule has 7 nitrogen and oxygen atoms in total. The van der Waals surface area contributed by atoms with Gasteiger partial charge in [0.15, 0.2) is 0 Å². The second kappa shape index (κ2) is 6.48. The van der Waals surface area contributed by atoms with Crippen LogP contribution >= 0.6 is 0 Å². The number of benzene rings is 1. The summed E-state index contributed by atoms with van der Waals surface area (Å²) in [6, 6.07) is 4.10. The van der Waals surface area contributed by atoms with Gasteiger partial charge >= 0.3 is 5.69 Å². The summed E-state index contributed by atoms with van der Waals surface area (Å²) >= 11 is 0. The minimum atomic E-state index is -0.282. The van der Waals surface area contributed by atoms with Crippen molar-refractivity contribution in [2.24, 2.45) is 0 Å². The summed E-state index contributed by atoms with van der Waals surface area (Å²) in [7, 11) is 0. The smallest absolute Gasteiger partial charge is 0.340 e. The lowest BCUT2D eigenvalue weighted by Gasteiger charge is -2.31. The maximum atomic E-state index is 12.7. The van der Waals surface area contributed by atoms with Crippen LogP contribution in [-0.2, 0) is 11.2 Å². The zero-order valence-electron chi connectivity index (χ0n) is 15.0. The van der Waals surface area contributed by atoms with E-state index in [2.05, 4.69) is 28.2 Å². The summed E-state index contributed by atoms with van der Waals surface area (Å²) in [4.78, 5) is 28.5. The van der Waals surface area contributed by atoms with Gasteiger partial charge in [-0.25, -0.2) is 9.89 Å². The van der Waals surface area contributed by atoms with Gasteiger partial charge in [-0.2, -0.15) is 5.10 Å². The van der Waals surface area contributed by atoms with Crippen molar-refractivity contribution in [1.82, 2.24) is 20.1 Å². The van der Waals surface area contributed by atoms with Crippen LogP contribution in [0.2, 0.25) is 0 Å². The fourth-order valence-corrected chi connectivity index (χ4v) is 3.68. The zero-order valence-corrected chi connectivity index (χ0v) is 15.0. The molecule has 136 valence electrons. The molecule has 26 heavy (non-hydrogen) atoms. The molecule has 0 spiro atoms. The first-order valence-corrected chi connectivity index (χ1v) is 8.91. The van der Waals surface area contributed by atoms with Crippen molar-refractivity contribution in [2.75, 3.05) is 13.1 Å². The number of piperidine rings is 1. The average Bonchev–Trinajstić information content (AvgIpc) is 3.25. The Balaban J connectivity index is 1.43. The monoisotopic (exact) mass is 354 g/mol. The first-order valence-electron chi connectivity index (χ1n) is 8.91. The quantitative estimate of drug-likeness (QED) is 0.755. The predicted octanol–water partition coefficient (Wildman–Crippen LogP) is 2.41. The third-order valence-corrected chi connectivity index (χ3v) is 5.44. The third-order valence-electron chi connectivity index (χ3n) is 5.44. The van der Waals surface area contributed by atoms with Gasteiger partial charge in [-0.1, -0.05) is 12.1 Å². The van der Waals surface area contributed by atoms with Gasteiger partial charge in [0.05, 0.1) is 12.7 Å². The first-order chi connectivity index (χ1) is 12.5. The van der Waals surface area contributed by atoms with E-state index in [1.807, 2.05) is 17.9 Å². The number of carbonyl (C=O) groups excluding carboxylic acids is 1. The summed E-state index contributed by atoms with van der Waals surface area (Å²) in [6.07, 6.45) is 3.66. The van der Waals surface area contributed by atoms with Gasteiger partial charge in [0.2, 0.25) is 5.91 Å². The van der Waals surface area contributed by atoms with Gasteiger partial charge in [-0.15, -0.1) is 0 Å². The molecule has 0 atom stereocenters. The molecule has 1 amide bonds. The highest BCUT2D eigenvalue weighted by molar-refractivity contribution is 5.89. The summed E-state index contributed by atoms with van der Waals surface area (Å²) in [5.41, 5.74) is 3.83. The summed E-state index contributed by atoms with van der Waals surface area (Å²) in [5, 5.41) is 7.43. The molecule has 3 aromatic rings. The molecule has 3 heterocycles. The van der Waals surface area contributed by atoms with Crippen molar-refractivity contribution in [3.05, 3.63) is 51.4 Å². The third kappa shape index (κ3) is 2.94. The molecule has 0 saturated carbocycles. The van der Waals surface area contributed by atoms with E-state index in [0.717, 1.165) is 34.9 Å². The number of aromatic amines is 2. The molecule has 0 bridgehead atoms. The number of H-pyrrole nitrogens is 2. The van der Waals surface area contributed by atoms with Gasteiger partial charge in [0, 0.05) is 30.0 Å². The van der Waals surface area contributed by atoms with E-state index >= 15 is 0 Å². The van der Waals surface area contributed by atoms with Crippen LogP contribution in [0, 0.1) is 13.8 Å². The maximum absolute atomic E-state index is 12.7. The van der Waals surface area contributed by atoms with E-state index in [1.54, 1.807) is 6.26 Å². The SMILES string of the molecule is Cc1ccc2c(CC(=O)N3CCC(c4n[nH]c(=O)[nH]4)CC3)coc2c1C. The zero-order chi connectivity index (χ0) is 18.3.